The van der Waals surface area contributed by atoms with Crippen LogP contribution in [0.1, 0.15) is 37.3 Å². The molecule has 1 fully saturated rings. The summed E-state index contributed by atoms with van der Waals surface area (Å²) in [4.78, 5) is 41.0. The molecule has 3 rings (SSSR count). The summed E-state index contributed by atoms with van der Waals surface area (Å²) in [5, 5.41) is 3.02. The van der Waals surface area contributed by atoms with Crippen molar-refractivity contribution >= 4 is 29.4 Å². The van der Waals surface area contributed by atoms with Crippen molar-refractivity contribution in [3.63, 3.8) is 0 Å². The summed E-state index contributed by atoms with van der Waals surface area (Å²) in [6.07, 6.45) is 2.01. The van der Waals surface area contributed by atoms with Gasteiger partial charge in [-0.05, 0) is 24.1 Å². The van der Waals surface area contributed by atoms with E-state index >= 15 is 0 Å². The van der Waals surface area contributed by atoms with E-state index in [2.05, 4.69) is 5.32 Å². The molecule has 0 saturated carbocycles. The maximum absolute atomic E-state index is 14.1. The van der Waals surface area contributed by atoms with Gasteiger partial charge in [0.25, 0.3) is 5.91 Å². The molecule has 1 heterocycles. The molecule has 1 unspecified atom stereocenters. The number of hydrogen-bond acceptors (Lipinski definition) is 3. The standard InChI is InChI=1S/C23H25ClFN3O3/c1-3-4-13-23(16-9-6-5-7-10-16)21(30)28(22(31)26-23)15-20(29)27(2)14-17-18(24)11-8-12-19(17)25/h5-12H,3-4,13-15H2,1-2H3,(H,26,31). The number of nitrogens with zero attached hydrogens (tertiary/aromatic N) is 2. The highest BCUT2D eigenvalue weighted by molar-refractivity contribution is 6.31. The Bertz CT molecular complexity index is 965. The lowest BCUT2D eigenvalue weighted by molar-refractivity contribution is -0.139. The van der Waals surface area contributed by atoms with Crippen LogP contribution < -0.4 is 5.32 Å². The van der Waals surface area contributed by atoms with E-state index in [0.29, 0.717) is 12.0 Å². The predicted octanol–water partition coefficient (Wildman–Crippen LogP) is 4.08. The van der Waals surface area contributed by atoms with Crippen molar-refractivity contribution in [1.29, 1.82) is 0 Å². The molecule has 2 aromatic rings. The lowest BCUT2D eigenvalue weighted by atomic mass is 9.85. The number of rotatable bonds is 8. The second kappa shape index (κ2) is 9.47. The lowest BCUT2D eigenvalue weighted by Crippen LogP contribution is -2.45. The maximum Gasteiger partial charge on any atom is 0.325 e. The van der Waals surface area contributed by atoms with Crippen LogP contribution >= 0.6 is 11.6 Å². The SMILES string of the molecule is CCCCC1(c2ccccc2)NC(=O)N(CC(=O)N(C)Cc2c(F)cccc2Cl)C1=O. The molecule has 8 heteroatoms. The third-order valence-electron chi connectivity index (χ3n) is 5.52. The summed E-state index contributed by atoms with van der Waals surface area (Å²) in [7, 11) is 1.48. The van der Waals surface area contributed by atoms with Crippen molar-refractivity contribution in [3.8, 4) is 0 Å². The Morgan fingerprint density at radius 1 is 1.16 bits per heavy atom. The Hall–Kier alpha value is -2.93. The topological polar surface area (TPSA) is 69.7 Å². The number of hydrogen-bond donors (Lipinski definition) is 1. The highest BCUT2D eigenvalue weighted by Crippen LogP contribution is 2.34. The summed E-state index contributed by atoms with van der Waals surface area (Å²) in [6.45, 7) is 1.49. The van der Waals surface area contributed by atoms with Gasteiger partial charge in [-0.3, -0.25) is 14.5 Å². The molecule has 1 N–H and O–H groups in total. The fourth-order valence-corrected chi connectivity index (χ4v) is 3.93. The van der Waals surface area contributed by atoms with Crippen LogP contribution in [-0.2, 0) is 21.7 Å². The molecule has 0 radical (unpaired) electrons. The average Bonchev–Trinajstić information content (AvgIpc) is 3.00. The van der Waals surface area contributed by atoms with E-state index in [1.807, 2.05) is 25.1 Å². The Morgan fingerprint density at radius 3 is 2.52 bits per heavy atom. The van der Waals surface area contributed by atoms with Crippen LogP contribution in [0.4, 0.5) is 9.18 Å². The third-order valence-corrected chi connectivity index (χ3v) is 5.88. The minimum atomic E-state index is -1.19. The molecule has 4 amide bonds. The Balaban J connectivity index is 1.79. The van der Waals surface area contributed by atoms with Crippen molar-refractivity contribution in [2.75, 3.05) is 13.6 Å². The van der Waals surface area contributed by atoms with E-state index in [1.165, 1.54) is 30.1 Å². The smallest absolute Gasteiger partial charge is 0.325 e. The minimum Gasteiger partial charge on any atom is -0.340 e. The number of halogens is 2. The van der Waals surface area contributed by atoms with E-state index in [0.717, 1.165) is 17.7 Å². The molecule has 1 atom stereocenters. The van der Waals surface area contributed by atoms with Crippen LogP contribution in [0.2, 0.25) is 5.02 Å². The van der Waals surface area contributed by atoms with Gasteiger partial charge in [0, 0.05) is 24.2 Å². The molecule has 0 spiro atoms. The van der Waals surface area contributed by atoms with Gasteiger partial charge in [-0.2, -0.15) is 0 Å². The molecule has 0 bridgehead atoms. The van der Waals surface area contributed by atoms with Crippen molar-refractivity contribution in [2.45, 2.75) is 38.3 Å². The van der Waals surface area contributed by atoms with Crippen molar-refractivity contribution < 1.29 is 18.8 Å². The number of carbonyl (C=O) groups excluding carboxylic acids is 3. The van der Waals surface area contributed by atoms with Crippen LogP contribution in [0.5, 0.6) is 0 Å². The van der Waals surface area contributed by atoms with Crippen LogP contribution in [0, 0.1) is 5.82 Å². The van der Waals surface area contributed by atoms with Crippen LogP contribution in [0.3, 0.4) is 0 Å². The number of benzene rings is 2. The quantitative estimate of drug-likeness (QED) is 0.622. The number of carbonyl (C=O) groups is 3. The molecule has 164 valence electrons. The molecule has 1 saturated heterocycles. The van der Waals surface area contributed by atoms with Crippen molar-refractivity contribution in [2.24, 2.45) is 0 Å². The van der Waals surface area contributed by atoms with Gasteiger partial charge in [-0.15, -0.1) is 0 Å². The van der Waals surface area contributed by atoms with E-state index in [4.69, 9.17) is 11.6 Å². The first-order chi connectivity index (χ1) is 14.8. The van der Waals surface area contributed by atoms with Crippen LogP contribution in [0.25, 0.3) is 0 Å². The third kappa shape index (κ3) is 4.56. The fourth-order valence-electron chi connectivity index (χ4n) is 3.71. The molecule has 6 nitrogen and oxygen atoms in total. The molecule has 0 aromatic heterocycles. The Kier molecular flexibility index (Phi) is 6.95. The molecule has 2 aromatic carbocycles. The number of nitrogens with one attached hydrogen (secondary N) is 1. The molecule has 31 heavy (non-hydrogen) atoms. The van der Waals surface area contributed by atoms with Gasteiger partial charge in [-0.25, -0.2) is 9.18 Å². The summed E-state index contributed by atoms with van der Waals surface area (Å²) in [5.41, 5.74) is -0.329. The van der Waals surface area contributed by atoms with Crippen molar-refractivity contribution in [3.05, 3.63) is 70.5 Å². The van der Waals surface area contributed by atoms with Gasteiger partial charge in [0.2, 0.25) is 5.91 Å². The van der Waals surface area contributed by atoms with E-state index in [-0.39, 0.29) is 17.1 Å². The highest BCUT2D eigenvalue weighted by atomic mass is 35.5. The molecule has 1 aliphatic rings. The van der Waals surface area contributed by atoms with Gasteiger partial charge in [0.1, 0.15) is 17.9 Å². The molecular formula is C23H25ClFN3O3. The van der Waals surface area contributed by atoms with Gasteiger partial charge in [0.15, 0.2) is 0 Å². The normalized spacial score (nSPS) is 18.3. The second-order valence-electron chi connectivity index (χ2n) is 7.65. The summed E-state index contributed by atoms with van der Waals surface area (Å²) in [6, 6.07) is 12.7. The summed E-state index contributed by atoms with van der Waals surface area (Å²) >= 11 is 6.04. The largest absolute Gasteiger partial charge is 0.340 e. The van der Waals surface area contributed by atoms with Gasteiger partial charge >= 0.3 is 6.03 Å². The van der Waals surface area contributed by atoms with Crippen molar-refractivity contribution in [1.82, 2.24) is 15.1 Å². The number of urea groups is 1. The maximum atomic E-state index is 14.1. The summed E-state index contributed by atoms with van der Waals surface area (Å²) < 4.78 is 14.1. The highest BCUT2D eigenvalue weighted by Gasteiger charge is 2.52. The van der Waals surface area contributed by atoms with Crippen LogP contribution in [0.15, 0.2) is 48.5 Å². The van der Waals surface area contributed by atoms with Crippen LogP contribution in [-0.4, -0.2) is 41.2 Å². The first-order valence-electron chi connectivity index (χ1n) is 10.2. The number of unbranched alkanes of at least 4 members (excludes halogenated alkanes) is 1. The predicted molar refractivity (Wildman–Crippen MR) is 116 cm³/mol. The van der Waals surface area contributed by atoms with Gasteiger partial charge in [-0.1, -0.05) is 67.8 Å². The van der Waals surface area contributed by atoms with E-state index in [9.17, 15) is 18.8 Å². The number of amides is 4. The number of likely N-dealkylation sites (N-methyl/N-ethyl adjacent to an activating group) is 1. The first kappa shape index (κ1) is 22.7. The first-order valence-corrected chi connectivity index (χ1v) is 10.5. The van der Waals surface area contributed by atoms with E-state index < -0.39 is 35.7 Å². The Morgan fingerprint density at radius 2 is 1.87 bits per heavy atom. The zero-order valence-electron chi connectivity index (χ0n) is 17.5. The summed E-state index contributed by atoms with van der Waals surface area (Å²) in [5.74, 6) is -1.48. The molecular weight excluding hydrogens is 421 g/mol. The zero-order valence-corrected chi connectivity index (χ0v) is 18.3. The fraction of sp³-hybridized carbons (Fsp3) is 0.348. The average molecular weight is 446 g/mol. The zero-order chi connectivity index (χ0) is 22.6. The number of imide groups is 1. The second-order valence-corrected chi connectivity index (χ2v) is 8.05. The molecule has 1 aliphatic heterocycles. The minimum absolute atomic E-state index is 0.0757. The van der Waals surface area contributed by atoms with Gasteiger partial charge in [0.05, 0.1) is 0 Å². The van der Waals surface area contributed by atoms with Gasteiger partial charge < -0.3 is 10.2 Å². The molecule has 0 aliphatic carbocycles. The Labute approximate surface area is 186 Å². The monoisotopic (exact) mass is 445 g/mol. The van der Waals surface area contributed by atoms with E-state index in [1.54, 1.807) is 12.1 Å². The lowest BCUT2D eigenvalue weighted by Gasteiger charge is -2.27.